The highest BCUT2D eigenvalue weighted by molar-refractivity contribution is 5.88. The minimum atomic E-state index is -0.578. The average Bonchev–Trinajstić information content (AvgIpc) is 2.83. The van der Waals surface area contributed by atoms with Gasteiger partial charge in [-0.05, 0) is 39.0 Å². The van der Waals surface area contributed by atoms with Crippen LogP contribution in [-0.2, 0) is 4.74 Å². The summed E-state index contributed by atoms with van der Waals surface area (Å²) in [6.45, 7) is 5.37. The molecule has 0 aliphatic rings. The van der Waals surface area contributed by atoms with Crippen LogP contribution >= 0.6 is 0 Å². The number of nitrogens with one attached hydrogen (secondary N) is 1. The van der Waals surface area contributed by atoms with Gasteiger partial charge in [-0.1, -0.05) is 5.16 Å². The molecule has 0 saturated carbocycles. The lowest BCUT2D eigenvalue weighted by Crippen LogP contribution is -2.27. The van der Waals surface area contributed by atoms with Gasteiger partial charge in [-0.3, -0.25) is 5.32 Å². The fourth-order valence-corrected chi connectivity index (χ4v) is 1.82. The largest absolute Gasteiger partial charge is 0.495 e. The average molecular weight is 305 g/mol. The standard InChI is InChI=1S/C15H19N3O4/c1-15(2,3)21-14(19)18-11-6-5-9(7-12(11)20-4)13-10(16)8-17-22-13/h5-8H,16H2,1-4H3,(H,18,19). The van der Waals surface area contributed by atoms with Gasteiger partial charge in [-0.2, -0.15) is 0 Å². The topological polar surface area (TPSA) is 99.6 Å². The van der Waals surface area contributed by atoms with Crippen molar-refractivity contribution in [3.05, 3.63) is 24.4 Å². The van der Waals surface area contributed by atoms with E-state index >= 15 is 0 Å². The number of nitrogen functional groups attached to an aromatic ring is 1. The van der Waals surface area contributed by atoms with Gasteiger partial charge in [0.05, 0.1) is 19.0 Å². The Bertz CT molecular complexity index is 674. The minimum Gasteiger partial charge on any atom is -0.495 e. The lowest BCUT2D eigenvalue weighted by molar-refractivity contribution is 0.0635. The highest BCUT2D eigenvalue weighted by Crippen LogP contribution is 2.33. The Morgan fingerprint density at radius 1 is 1.36 bits per heavy atom. The number of aromatic nitrogens is 1. The maximum absolute atomic E-state index is 11.8. The number of nitrogens with zero attached hydrogens (tertiary/aromatic N) is 1. The molecule has 1 amide bonds. The van der Waals surface area contributed by atoms with Crippen molar-refractivity contribution in [2.24, 2.45) is 0 Å². The third kappa shape index (κ3) is 3.69. The van der Waals surface area contributed by atoms with Crippen LogP contribution < -0.4 is 15.8 Å². The molecule has 1 heterocycles. The molecule has 0 aliphatic heterocycles. The van der Waals surface area contributed by atoms with Gasteiger partial charge in [0.15, 0.2) is 5.76 Å². The Morgan fingerprint density at radius 2 is 2.09 bits per heavy atom. The van der Waals surface area contributed by atoms with Crippen molar-refractivity contribution < 1.29 is 18.8 Å². The molecule has 0 fully saturated rings. The predicted molar refractivity (Wildman–Crippen MR) is 82.8 cm³/mol. The second-order valence-electron chi connectivity index (χ2n) is 5.65. The first-order chi connectivity index (χ1) is 10.3. The number of hydrogen-bond acceptors (Lipinski definition) is 6. The summed E-state index contributed by atoms with van der Waals surface area (Å²) >= 11 is 0. The molecule has 0 unspecified atom stereocenters. The maximum Gasteiger partial charge on any atom is 0.412 e. The van der Waals surface area contributed by atoms with Gasteiger partial charge in [0.2, 0.25) is 0 Å². The van der Waals surface area contributed by atoms with Crippen molar-refractivity contribution in [1.29, 1.82) is 0 Å². The summed E-state index contributed by atoms with van der Waals surface area (Å²) in [5.74, 6) is 0.904. The lowest BCUT2D eigenvalue weighted by atomic mass is 10.1. The van der Waals surface area contributed by atoms with Crippen LogP contribution in [-0.4, -0.2) is 24.0 Å². The van der Waals surface area contributed by atoms with E-state index in [1.807, 2.05) is 0 Å². The van der Waals surface area contributed by atoms with Crippen LogP contribution in [0.15, 0.2) is 28.9 Å². The van der Waals surface area contributed by atoms with Gasteiger partial charge in [-0.15, -0.1) is 0 Å². The van der Waals surface area contributed by atoms with Crippen molar-refractivity contribution in [2.75, 3.05) is 18.2 Å². The Hall–Kier alpha value is -2.70. The summed E-state index contributed by atoms with van der Waals surface area (Å²) in [6.07, 6.45) is 0.868. The van der Waals surface area contributed by atoms with Gasteiger partial charge < -0.3 is 19.7 Å². The van der Waals surface area contributed by atoms with Crippen LogP contribution in [0.4, 0.5) is 16.2 Å². The van der Waals surface area contributed by atoms with Crippen LogP contribution in [0.1, 0.15) is 20.8 Å². The fraction of sp³-hybridized carbons (Fsp3) is 0.333. The van der Waals surface area contributed by atoms with E-state index in [0.29, 0.717) is 28.4 Å². The number of methoxy groups -OCH3 is 1. The monoisotopic (exact) mass is 305 g/mol. The van der Waals surface area contributed by atoms with Gasteiger partial charge in [0.25, 0.3) is 0 Å². The first kappa shape index (κ1) is 15.7. The Balaban J connectivity index is 2.23. The van der Waals surface area contributed by atoms with Crippen LogP contribution in [0.25, 0.3) is 11.3 Å². The number of carbonyl (C=O) groups excluding carboxylic acids is 1. The van der Waals surface area contributed by atoms with E-state index in [2.05, 4.69) is 10.5 Å². The number of ether oxygens (including phenoxy) is 2. The predicted octanol–water partition coefficient (Wildman–Crippen LogP) is 3.28. The third-order valence-electron chi connectivity index (χ3n) is 2.70. The number of hydrogen-bond donors (Lipinski definition) is 2. The number of carbonyl (C=O) groups is 1. The van der Waals surface area contributed by atoms with E-state index in [4.69, 9.17) is 19.7 Å². The van der Waals surface area contributed by atoms with Crippen molar-refractivity contribution >= 4 is 17.5 Å². The molecule has 0 spiro atoms. The number of benzene rings is 1. The molecule has 0 atom stereocenters. The molecule has 7 nitrogen and oxygen atoms in total. The van der Waals surface area contributed by atoms with E-state index in [9.17, 15) is 4.79 Å². The van der Waals surface area contributed by atoms with Crippen molar-refractivity contribution in [1.82, 2.24) is 5.16 Å². The summed E-state index contributed by atoms with van der Waals surface area (Å²) in [5.41, 5.74) is 6.79. The molecule has 1 aromatic carbocycles. The zero-order valence-electron chi connectivity index (χ0n) is 13.0. The van der Waals surface area contributed by atoms with Crippen molar-refractivity contribution in [2.45, 2.75) is 26.4 Å². The molecule has 1 aromatic heterocycles. The second-order valence-corrected chi connectivity index (χ2v) is 5.65. The van der Waals surface area contributed by atoms with E-state index in [0.717, 1.165) is 0 Å². The van der Waals surface area contributed by atoms with Crippen LogP contribution in [0.2, 0.25) is 0 Å². The van der Waals surface area contributed by atoms with E-state index < -0.39 is 11.7 Å². The Labute approximate surface area is 128 Å². The quantitative estimate of drug-likeness (QED) is 0.902. The number of nitrogens with two attached hydrogens (primary N) is 1. The fourth-order valence-electron chi connectivity index (χ4n) is 1.82. The Morgan fingerprint density at radius 3 is 2.64 bits per heavy atom. The molecular weight excluding hydrogens is 286 g/mol. The molecule has 118 valence electrons. The van der Waals surface area contributed by atoms with Crippen molar-refractivity contribution in [3.63, 3.8) is 0 Å². The van der Waals surface area contributed by atoms with Gasteiger partial charge in [-0.25, -0.2) is 4.79 Å². The first-order valence-corrected chi connectivity index (χ1v) is 6.69. The van der Waals surface area contributed by atoms with E-state index in [1.54, 1.807) is 39.0 Å². The Kier molecular flexibility index (Phi) is 4.25. The third-order valence-corrected chi connectivity index (χ3v) is 2.70. The molecule has 0 aliphatic carbocycles. The van der Waals surface area contributed by atoms with E-state index in [-0.39, 0.29) is 0 Å². The second kappa shape index (κ2) is 5.97. The zero-order valence-corrected chi connectivity index (χ0v) is 13.0. The summed E-state index contributed by atoms with van der Waals surface area (Å²) in [4.78, 5) is 11.8. The van der Waals surface area contributed by atoms with E-state index in [1.165, 1.54) is 13.3 Å². The van der Waals surface area contributed by atoms with Crippen LogP contribution in [0.5, 0.6) is 5.75 Å². The maximum atomic E-state index is 11.8. The number of rotatable bonds is 3. The number of anilines is 2. The molecule has 0 saturated heterocycles. The molecule has 2 aromatic rings. The molecule has 2 rings (SSSR count). The van der Waals surface area contributed by atoms with Crippen molar-refractivity contribution in [3.8, 4) is 17.1 Å². The SMILES string of the molecule is COc1cc(-c2oncc2N)ccc1NC(=O)OC(C)(C)C. The van der Waals surface area contributed by atoms with Crippen LogP contribution in [0, 0.1) is 0 Å². The summed E-state index contributed by atoms with van der Waals surface area (Å²) in [5, 5.41) is 6.28. The smallest absolute Gasteiger partial charge is 0.412 e. The molecule has 7 heteroatoms. The molecule has 0 radical (unpaired) electrons. The summed E-state index contributed by atoms with van der Waals surface area (Å²) in [7, 11) is 1.50. The van der Waals surface area contributed by atoms with Gasteiger partial charge in [0, 0.05) is 5.56 Å². The first-order valence-electron chi connectivity index (χ1n) is 6.69. The van der Waals surface area contributed by atoms with Gasteiger partial charge in [0.1, 0.15) is 17.0 Å². The minimum absolute atomic E-state index is 0.426. The molecule has 0 bridgehead atoms. The van der Waals surface area contributed by atoms with Crippen LogP contribution in [0.3, 0.4) is 0 Å². The van der Waals surface area contributed by atoms with Gasteiger partial charge >= 0.3 is 6.09 Å². The molecular formula is C15H19N3O4. The zero-order chi connectivity index (χ0) is 16.3. The molecule has 3 N–H and O–H groups in total. The summed E-state index contributed by atoms with van der Waals surface area (Å²) in [6, 6.07) is 5.12. The highest BCUT2D eigenvalue weighted by Gasteiger charge is 2.18. The molecule has 22 heavy (non-hydrogen) atoms. The highest BCUT2D eigenvalue weighted by atomic mass is 16.6. The lowest BCUT2D eigenvalue weighted by Gasteiger charge is -2.20. The summed E-state index contributed by atoms with van der Waals surface area (Å²) < 4.78 is 15.6. The normalized spacial score (nSPS) is 11.1. The number of amides is 1.